The molecule has 0 aromatic carbocycles. The molecule has 0 aromatic rings. The van der Waals surface area contributed by atoms with Crippen molar-refractivity contribution in [2.24, 2.45) is 5.41 Å². The van der Waals surface area contributed by atoms with Gasteiger partial charge in [0.1, 0.15) is 6.61 Å². The molecule has 0 spiro atoms. The third-order valence-corrected chi connectivity index (χ3v) is 12.3. The minimum absolute atomic E-state index is 0.162. The summed E-state index contributed by atoms with van der Waals surface area (Å²) in [6.07, 6.45) is 4.24. The topological polar surface area (TPSA) is 57.2 Å². The Labute approximate surface area is 212 Å². The highest BCUT2D eigenvalue weighted by atomic mass is 32.9. The second-order valence-electron chi connectivity index (χ2n) is 10.0. The molecule has 9 heteroatoms. The van der Waals surface area contributed by atoms with E-state index in [9.17, 15) is 4.79 Å². The molecule has 1 aliphatic heterocycles. The van der Waals surface area contributed by atoms with Gasteiger partial charge in [-0.25, -0.2) is 0 Å². The molecule has 1 aliphatic rings. The average Bonchev–Trinajstić information content (AvgIpc) is 2.80. The molecule has 0 aliphatic carbocycles. The first kappa shape index (κ1) is 31.3. The van der Waals surface area contributed by atoms with Crippen molar-refractivity contribution < 1.29 is 23.3 Å². The molecule has 33 heavy (non-hydrogen) atoms. The van der Waals surface area contributed by atoms with E-state index in [2.05, 4.69) is 46.4 Å². The predicted octanol–water partition coefficient (Wildman–Crippen LogP) is 6.43. The normalized spacial score (nSPS) is 16.7. The fourth-order valence-electron chi connectivity index (χ4n) is 3.21. The number of rotatable bonds is 16. The summed E-state index contributed by atoms with van der Waals surface area (Å²) >= 11 is 7.51. The maximum Gasteiger partial charge on any atom is 0.311 e. The number of hydrogen-bond donors (Lipinski definition) is 0. The quantitative estimate of drug-likeness (QED) is 0.130. The van der Waals surface area contributed by atoms with Gasteiger partial charge in [-0.15, -0.1) is 0 Å². The number of morpholine rings is 1. The van der Waals surface area contributed by atoms with E-state index in [0.29, 0.717) is 12.4 Å². The molecule has 0 amide bonds. The summed E-state index contributed by atoms with van der Waals surface area (Å²) in [5.41, 5.74) is -3.78. The maximum absolute atomic E-state index is 12.8. The van der Waals surface area contributed by atoms with E-state index in [-0.39, 0.29) is 17.2 Å². The standard InChI is InChI=1S/C24H48NO5PS2/c1-9-23(7,10-2)29-31(32,30-24(8,11-3)12-4)33-20-19-28-21(26)22(5,6)13-14-25-15-17-27-18-16-25/h9-20H2,1-8H3. The number of carbonyl (C=O) groups is 1. The van der Waals surface area contributed by atoms with Crippen molar-refractivity contribution in [1.82, 2.24) is 4.90 Å². The second kappa shape index (κ2) is 14.2. The van der Waals surface area contributed by atoms with Crippen molar-refractivity contribution in [3.05, 3.63) is 0 Å². The fourth-order valence-corrected chi connectivity index (χ4v) is 9.37. The van der Waals surface area contributed by atoms with Gasteiger partial charge in [-0.1, -0.05) is 39.1 Å². The van der Waals surface area contributed by atoms with Gasteiger partial charge in [-0.2, -0.15) is 0 Å². The lowest BCUT2D eigenvalue weighted by Crippen LogP contribution is -2.39. The van der Waals surface area contributed by atoms with E-state index in [0.717, 1.165) is 65.0 Å². The minimum atomic E-state index is -2.62. The van der Waals surface area contributed by atoms with Gasteiger partial charge in [0, 0.05) is 18.8 Å². The Morgan fingerprint density at radius 3 is 1.91 bits per heavy atom. The lowest BCUT2D eigenvalue weighted by Gasteiger charge is -2.39. The van der Waals surface area contributed by atoms with Crippen LogP contribution in [-0.2, 0) is 35.1 Å². The van der Waals surface area contributed by atoms with Crippen LogP contribution in [0.4, 0.5) is 0 Å². The number of nitrogens with zero attached hydrogens (tertiary/aromatic N) is 1. The van der Waals surface area contributed by atoms with Crippen molar-refractivity contribution in [1.29, 1.82) is 0 Å². The Hall–Kier alpha value is 0.310. The third kappa shape index (κ3) is 10.8. The molecule has 0 bridgehead atoms. The van der Waals surface area contributed by atoms with Crippen LogP contribution in [0.15, 0.2) is 0 Å². The molecule has 6 nitrogen and oxygen atoms in total. The van der Waals surface area contributed by atoms with Gasteiger partial charge >= 0.3 is 5.97 Å². The van der Waals surface area contributed by atoms with Crippen molar-refractivity contribution in [2.45, 2.75) is 98.7 Å². The highest BCUT2D eigenvalue weighted by Crippen LogP contribution is 2.66. The molecule has 1 rings (SSSR count). The first-order valence-corrected chi connectivity index (χ1v) is 16.7. The monoisotopic (exact) mass is 525 g/mol. The Morgan fingerprint density at radius 2 is 1.45 bits per heavy atom. The zero-order valence-electron chi connectivity index (χ0n) is 22.2. The Morgan fingerprint density at radius 1 is 0.970 bits per heavy atom. The third-order valence-electron chi connectivity index (χ3n) is 6.93. The van der Waals surface area contributed by atoms with E-state index in [1.165, 1.54) is 11.4 Å². The van der Waals surface area contributed by atoms with E-state index in [4.69, 9.17) is 30.3 Å². The largest absolute Gasteiger partial charge is 0.464 e. The summed E-state index contributed by atoms with van der Waals surface area (Å²) in [4.78, 5) is 15.1. The zero-order valence-corrected chi connectivity index (χ0v) is 24.8. The molecule has 0 radical (unpaired) electrons. The smallest absolute Gasteiger partial charge is 0.311 e. The van der Waals surface area contributed by atoms with Crippen LogP contribution < -0.4 is 0 Å². The van der Waals surface area contributed by atoms with Crippen LogP contribution in [0, 0.1) is 5.41 Å². The molecular weight excluding hydrogens is 477 g/mol. The maximum atomic E-state index is 12.8. The SMILES string of the molecule is CCC(C)(CC)OP(=S)(OC(C)(CC)CC)SCCOC(=O)C(C)(C)CCN1CCOCC1. The summed E-state index contributed by atoms with van der Waals surface area (Å²) in [5.74, 6) is 0.403. The predicted molar refractivity (Wildman–Crippen MR) is 144 cm³/mol. The summed E-state index contributed by atoms with van der Waals surface area (Å²) in [5, 5.41) is 0. The number of hydrogen-bond acceptors (Lipinski definition) is 8. The van der Waals surface area contributed by atoms with Crippen molar-refractivity contribution in [3.8, 4) is 0 Å². The molecular formula is C24H48NO5PS2. The Balaban J connectivity index is 2.65. The summed E-state index contributed by atoms with van der Waals surface area (Å²) in [7, 11) is 0. The molecule has 0 N–H and O–H groups in total. The summed E-state index contributed by atoms with van der Waals surface area (Å²) in [6.45, 7) is 21.2. The molecule has 1 fully saturated rings. The number of ether oxygens (including phenoxy) is 2. The van der Waals surface area contributed by atoms with Gasteiger partial charge < -0.3 is 18.5 Å². The lowest BCUT2D eigenvalue weighted by molar-refractivity contribution is -0.153. The van der Waals surface area contributed by atoms with Gasteiger partial charge in [-0.3, -0.25) is 9.69 Å². The van der Waals surface area contributed by atoms with Crippen LogP contribution in [0.5, 0.6) is 0 Å². The Bertz CT molecular complexity index is 608. The Kier molecular flexibility index (Phi) is 13.4. The van der Waals surface area contributed by atoms with E-state index in [1.807, 2.05) is 13.8 Å². The van der Waals surface area contributed by atoms with E-state index >= 15 is 0 Å². The van der Waals surface area contributed by atoms with Gasteiger partial charge in [0.25, 0.3) is 0 Å². The van der Waals surface area contributed by atoms with E-state index < -0.39 is 11.1 Å². The molecule has 196 valence electrons. The van der Waals surface area contributed by atoms with Gasteiger partial charge in [0.15, 0.2) is 0 Å². The van der Waals surface area contributed by atoms with Crippen LogP contribution in [0.1, 0.15) is 87.5 Å². The summed E-state index contributed by atoms with van der Waals surface area (Å²) < 4.78 is 24.1. The molecule has 1 heterocycles. The number of esters is 1. The first-order valence-electron chi connectivity index (χ1n) is 12.5. The zero-order chi connectivity index (χ0) is 25.2. The van der Waals surface area contributed by atoms with Gasteiger partial charge in [-0.05, 0) is 78.2 Å². The molecule has 0 atom stereocenters. The van der Waals surface area contributed by atoms with Crippen molar-refractivity contribution in [3.63, 3.8) is 0 Å². The van der Waals surface area contributed by atoms with Crippen LogP contribution in [0.3, 0.4) is 0 Å². The summed E-state index contributed by atoms with van der Waals surface area (Å²) in [6, 6.07) is 0. The van der Waals surface area contributed by atoms with Gasteiger partial charge in [0.2, 0.25) is 5.69 Å². The van der Waals surface area contributed by atoms with Crippen molar-refractivity contribution in [2.75, 3.05) is 45.2 Å². The molecule has 0 aromatic heterocycles. The van der Waals surface area contributed by atoms with Crippen molar-refractivity contribution >= 4 is 34.9 Å². The molecule has 0 unspecified atom stereocenters. The van der Waals surface area contributed by atoms with Crippen LogP contribution in [0.2, 0.25) is 0 Å². The van der Waals surface area contributed by atoms with Crippen LogP contribution in [0.25, 0.3) is 0 Å². The lowest BCUT2D eigenvalue weighted by atomic mass is 9.89. The first-order chi connectivity index (χ1) is 15.4. The number of carbonyl (C=O) groups excluding carboxylic acids is 1. The highest BCUT2D eigenvalue weighted by molar-refractivity contribution is 8.67. The van der Waals surface area contributed by atoms with Gasteiger partial charge in [0.05, 0.1) is 29.8 Å². The molecule has 1 saturated heterocycles. The average molecular weight is 526 g/mol. The second-order valence-corrected chi connectivity index (χ2v) is 16.3. The minimum Gasteiger partial charge on any atom is -0.464 e. The molecule has 0 saturated carbocycles. The fraction of sp³-hybridized carbons (Fsp3) is 0.958. The van der Waals surface area contributed by atoms with Crippen LogP contribution >= 0.6 is 17.1 Å². The highest BCUT2D eigenvalue weighted by Gasteiger charge is 2.37. The van der Waals surface area contributed by atoms with E-state index in [1.54, 1.807) is 0 Å². The van der Waals surface area contributed by atoms with Crippen LogP contribution in [-0.4, -0.2) is 67.3 Å².